The van der Waals surface area contributed by atoms with Gasteiger partial charge in [-0.2, -0.15) is 0 Å². The third-order valence-corrected chi connectivity index (χ3v) is 3.48. The fourth-order valence-electron chi connectivity index (χ4n) is 2.24. The number of hydrogen-bond donors (Lipinski definition) is 1. The minimum absolute atomic E-state index is 0.573. The molecule has 0 fully saturated rings. The minimum Gasteiger partial charge on any atom is -0.314 e. The summed E-state index contributed by atoms with van der Waals surface area (Å²) in [4.78, 5) is 0. The number of unbranched alkanes of at least 4 members (excludes halogenated alkanes) is 2. The monoisotopic (exact) mass is 247 g/mol. The standard InChI is InChI=1S/C17H29N/c1-5-6-7-8-17(13-18-14(2)3)16-11-9-15(4)10-12-16/h9-12,14,17-18H,5-8,13H2,1-4H3. The Kier molecular flexibility index (Phi) is 7.04. The number of rotatable bonds is 8. The van der Waals surface area contributed by atoms with Crippen molar-refractivity contribution in [1.82, 2.24) is 5.32 Å². The first-order valence-electron chi connectivity index (χ1n) is 7.43. The van der Waals surface area contributed by atoms with Crippen LogP contribution in [-0.4, -0.2) is 12.6 Å². The first-order valence-corrected chi connectivity index (χ1v) is 7.43. The molecule has 1 unspecified atom stereocenters. The van der Waals surface area contributed by atoms with Crippen molar-refractivity contribution < 1.29 is 0 Å². The molecule has 0 aliphatic heterocycles. The fourth-order valence-corrected chi connectivity index (χ4v) is 2.24. The van der Waals surface area contributed by atoms with Gasteiger partial charge in [0.05, 0.1) is 0 Å². The average Bonchev–Trinajstić information content (AvgIpc) is 2.34. The Morgan fingerprint density at radius 3 is 2.28 bits per heavy atom. The van der Waals surface area contributed by atoms with E-state index in [1.165, 1.54) is 36.8 Å². The lowest BCUT2D eigenvalue weighted by Crippen LogP contribution is -2.28. The van der Waals surface area contributed by atoms with Crippen LogP contribution in [0.1, 0.15) is 63.5 Å². The van der Waals surface area contributed by atoms with Crippen LogP contribution in [0, 0.1) is 6.92 Å². The van der Waals surface area contributed by atoms with Crippen LogP contribution in [0.5, 0.6) is 0 Å². The molecule has 1 N–H and O–H groups in total. The van der Waals surface area contributed by atoms with Crippen LogP contribution in [0.2, 0.25) is 0 Å². The van der Waals surface area contributed by atoms with Crippen LogP contribution in [0.15, 0.2) is 24.3 Å². The number of benzene rings is 1. The second-order valence-corrected chi connectivity index (χ2v) is 5.67. The van der Waals surface area contributed by atoms with Crippen molar-refractivity contribution in [2.45, 2.75) is 65.3 Å². The van der Waals surface area contributed by atoms with E-state index >= 15 is 0 Å². The van der Waals surface area contributed by atoms with Crippen molar-refractivity contribution in [2.75, 3.05) is 6.54 Å². The van der Waals surface area contributed by atoms with E-state index in [-0.39, 0.29) is 0 Å². The molecule has 1 aromatic rings. The molecule has 1 nitrogen and oxygen atoms in total. The number of aryl methyl sites for hydroxylation is 1. The van der Waals surface area contributed by atoms with Crippen LogP contribution in [0.25, 0.3) is 0 Å². The van der Waals surface area contributed by atoms with Crippen molar-refractivity contribution in [1.29, 1.82) is 0 Å². The molecular weight excluding hydrogens is 218 g/mol. The Labute approximate surface area is 113 Å². The molecule has 0 amide bonds. The first kappa shape index (κ1) is 15.2. The molecule has 0 heterocycles. The van der Waals surface area contributed by atoms with Gasteiger partial charge in [0, 0.05) is 12.6 Å². The van der Waals surface area contributed by atoms with Gasteiger partial charge in [0.1, 0.15) is 0 Å². The van der Waals surface area contributed by atoms with Gasteiger partial charge in [0.25, 0.3) is 0 Å². The van der Waals surface area contributed by atoms with Gasteiger partial charge >= 0.3 is 0 Å². The average molecular weight is 247 g/mol. The van der Waals surface area contributed by atoms with E-state index in [0.29, 0.717) is 12.0 Å². The largest absolute Gasteiger partial charge is 0.314 e. The predicted octanol–water partition coefficient (Wildman–Crippen LogP) is 4.66. The number of hydrogen-bond acceptors (Lipinski definition) is 1. The Hall–Kier alpha value is -0.820. The van der Waals surface area contributed by atoms with Gasteiger partial charge in [-0.25, -0.2) is 0 Å². The topological polar surface area (TPSA) is 12.0 Å². The zero-order valence-electron chi connectivity index (χ0n) is 12.5. The van der Waals surface area contributed by atoms with E-state index in [1.807, 2.05) is 0 Å². The van der Waals surface area contributed by atoms with E-state index in [4.69, 9.17) is 0 Å². The number of nitrogens with one attached hydrogen (secondary N) is 1. The highest BCUT2D eigenvalue weighted by Gasteiger charge is 2.11. The van der Waals surface area contributed by atoms with Crippen LogP contribution in [0.3, 0.4) is 0 Å². The molecule has 102 valence electrons. The van der Waals surface area contributed by atoms with Gasteiger partial charge in [-0.3, -0.25) is 0 Å². The van der Waals surface area contributed by atoms with Crippen LogP contribution in [-0.2, 0) is 0 Å². The molecule has 0 saturated heterocycles. The van der Waals surface area contributed by atoms with E-state index in [9.17, 15) is 0 Å². The Morgan fingerprint density at radius 2 is 1.72 bits per heavy atom. The summed E-state index contributed by atoms with van der Waals surface area (Å²) in [6.45, 7) is 9.97. The summed E-state index contributed by atoms with van der Waals surface area (Å²) in [6, 6.07) is 9.64. The molecule has 1 heteroatoms. The SMILES string of the molecule is CCCCCC(CNC(C)C)c1ccc(C)cc1. The lowest BCUT2D eigenvalue weighted by Gasteiger charge is -2.20. The minimum atomic E-state index is 0.573. The van der Waals surface area contributed by atoms with Gasteiger partial charge in [0.15, 0.2) is 0 Å². The molecule has 0 spiro atoms. The molecule has 1 aromatic carbocycles. The predicted molar refractivity (Wildman–Crippen MR) is 81.2 cm³/mol. The summed E-state index contributed by atoms with van der Waals surface area (Å²) in [5.74, 6) is 0.666. The zero-order chi connectivity index (χ0) is 13.4. The third-order valence-electron chi connectivity index (χ3n) is 3.48. The van der Waals surface area contributed by atoms with E-state index in [2.05, 4.69) is 57.3 Å². The van der Waals surface area contributed by atoms with Gasteiger partial charge in [-0.1, -0.05) is 69.9 Å². The molecule has 0 aromatic heterocycles. The summed E-state index contributed by atoms with van der Waals surface area (Å²) >= 11 is 0. The Morgan fingerprint density at radius 1 is 1.06 bits per heavy atom. The third kappa shape index (κ3) is 5.68. The lowest BCUT2D eigenvalue weighted by atomic mass is 9.92. The highest BCUT2D eigenvalue weighted by Crippen LogP contribution is 2.22. The second kappa shape index (κ2) is 8.31. The summed E-state index contributed by atoms with van der Waals surface area (Å²) < 4.78 is 0. The molecular formula is C17H29N. The zero-order valence-corrected chi connectivity index (χ0v) is 12.5. The summed E-state index contributed by atoms with van der Waals surface area (Å²) in [5, 5.41) is 3.59. The Bertz CT molecular complexity index is 313. The van der Waals surface area contributed by atoms with E-state index in [0.717, 1.165) is 6.54 Å². The molecule has 0 aliphatic carbocycles. The van der Waals surface area contributed by atoms with Crippen LogP contribution < -0.4 is 5.32 Å². The van der Waals surface area contributed by atoms with Crippen molar-refractivity contribution >= 4 is 0 Å². The van der Waals surface area contributed by atoms with Gasteiger partial charge in [-0.15, -0.1) is 0 Å². The summed E-state index contributed by atoms with van der Waals surface area (Å²) in [5.41, 5.74) is 2.84. The molecule has 0 saturated carbocycles. The highest BCUT2D eigenvalue weighted by molar-refractivity contribution is 5.24. The van der Waals surface area contributed by atoms with Crippen LogP contribution in [0.4, 0.5) is 0 Å². The maximum atomic E-state index is 3.59. The van der Waals surface area contributed by atoms with Crippen molar-refractivity contribution in [2.24, 2.45) is 0 Å². The van der Waals surface area contributed by atoms with Gasteiger partial charge < -0.3 is 5.32 Å². The highest BCUT2D eigenvalue weighted by atomic mass is 14.9. The van der Waals surface area contributed by atoms with Crippen molar-refractivity contribution in [3.8, 4) is 0 Å². The molecule has 18 heavy (non-hydrogen) atoms. The van der Waals surface area contributed by atoms with E-state index in [1.54, 1.807) is 0 Å². The Balaban J connectivity index is 2.60. The summed E-state index contributed by atoms with van der Waals surface area (Å²) in [7, 11) is 0. The lowest BCUT2D eigenvalue weighted by molar-refractivity contribution is 0.490. The van der Waals surface area contributed by atoms with Crippen molar-refractivity contribution in [3.63, 3.8) is 0 Å². The molecule has 1 rings (SSSR count). The normalized spacial score (nSPS) is 12.9. The maximum Gasteiger partial charge on any atom is 0.00225 e. The molecule has 0 radical (unpaired) electrons. The molecule has 1 atom stereocenters. The van der Waals surface area contributed by atoms with Crippen molar-refractivity contribution in [3.05, 3.63) is 35.4 Å². The van der Waals surface area contributed by atoms with E-state index < -0.39 is 0 Å². The fraction of sp³-hybridized carbons (Fsp3) is 0.647. The van der Waals surface area contributed by atoms with Gasteiger partial charge in [0.2, 0.25) is 0 Å². The quantitative estimate of drug-likeness (QED) is 0.659. The maximum absolute atomic E-state index is 3.59. The van der Waals surface area contributed by atoms with Crippen LogP contribution >= 0.6 is 0 Å². The first-order chi connectivity index (χ1) is 8.63. The second-order valence-electron chi connectivity index (χ2n) is 5.67. The smallest absolute Gasteiger partial charge is 0.00225 e. The van der Waals surface area contributed by atoms with Gasteiger partial charge in [-0.05, 0) is 24.8 Å². The summed E-state index contributed by atoms with van der Waals surface area (Å²) in [6.07, 6.45) is 5.30. The molecule has 0 aliphatic rings. The molecule has 0 bridgehead atoms.